The molecule has 0 unspecified atom stereocenters. The molecule has 0 aliphatic heterocycles. The molecule has 0 aromatic heterocycles. The molecule has 2 rings (SSSR count). The maximum atomic E-state index is 12.3. The summed E-state index contributed by atoms with van der Waals surface area (Å²) < 4.78 is 11.5. The second-order valence-corrected chi connectivity index (χ2v) is 8.67. The summed E-state index contributed by atoms with van der Waals surface area (Å²) in [6, 6.07) is 16.0. The normalized spacial score (nSPS) is 13.4. The second-order valence-electron chi connectivity index (χ2n) is 8.67. The van der Waals surface area contributed by atoms with Crippen LogP contribution in [0.3, 0.4) is 0 Å². The average molecular weight is 413 g/mol. The van der Waals surface area contributed by atoms with Gasteiger partial charge in [-0.2, -0.15) is 0 Å². The summed E-state index contributed by atoms with van der Waals surface area (Å²) in [7, 11) is 0. The van der Waals surface area contributed by atoms with E-state index in [9.17, 15) is 4.79 Å². The number of carbonyl (C=O) groups excluding carboxylic acids is 1. The predicted octanol–water partition coefficient (Wildman–Crippen LogP) is 4.87. The van der Waals surface area contributed by atoms with Crippen molar-refractivity contribution in [3.05, 3.63) is 59.7 Å². The Morgan fingerprint density at radius 2 is 1.70 bits per heavy atom. The largest absolute Gasteiger partial charge is 0.490 e. The molecule has 2 N–H and O–H groups in total. The Labute approximate surface area is 181 Å². The summed E-state index contributed by atoms with van der Waals surface area (Å²) in [4.78, 5) is 12.3. The number of carbonyl (C=O) groups is 1. The molecular formula is C25H36N2O3. The smallest absolute Gasteiger partial charge is 0.258 e. The summed E-state index contributed by atoms with van der Waals surface area (Å²) in [5.74, 6) is 1.06. The van der Waals surface area contributed by atoms with Crippen molar-refractivity contribution < 1.29 is 14.3 Å². The van der Waals surface area contributed by atoms with Crippen molar-refractivity contribution >= 4 is 5.91 Å². The van der Waals surface area contributed by atoms with E-state index in [2.05, 4.69) is 38.3 Å². The van der Waals surface area contributed by atoms with Crippen molar-refractivity contribution in [2.45, 2.75) is 60.2 Å². The van der Waals surface area contributed by atoms with Crippen LogP contribution in [0.5, 0.6) is 11.5 Å². The third-order valence-electron chi connectivity index (χ3n) is 5.26. The van der Waals surface area contributed by atoms with E-state index in [4.69, 9.17) is 9.47 Å². The third-order valence-corrected chi connectivity index (χ3v) is 5.26. The number of hydrogen-bond acceptors (Lipinski definition) is 4. The maximum Gasteiger partial charge on any atom is 0.258 e. The Kier molecular flexibility index (Phi) is 8.72. The van der Waals surface area contributed by atoms with Gasteiger partial charge in [0.2, 0.25) is 0 Å². The zero-order chi connectivity index (χ0) is 22.1. The lowest BCUT2D eigenvalue weighted by Crippen LogP contribution is -2.37. The van der Waals surface area contributed by atoms with Crippen LogP contribution in [-0.4, -0.2) is 25.2 Å². The number of ether oxygens (including phenoxy) is 2. The quantitative estimate of drug-likeness (QED) is 0.585. The summed E-state index contributed by atoms with van der Waals surface area (Å²) >= 11 is 0. The van der Waals surface area contributed by atoms with Crippen LogP contribution < -0.4 is 20.1 Å². The van der Waals surface area contributed by atoms with E-state index in [1.165, 1.54) is 0 Å². The minimum absolute atomic E-state index is 0.0596. The SMILES string of the molecule is CCOc1cc(CN[C@@H](C)C(C)(C)C)ccc1OCC(=O)N[C@@H](C)c1ccccc1. The highest BCUT2D eigenvalue weighted by molar-refractivity contribution is 5.78. The first-order valence-corrected chi connectivity index (χ1v) is 10.7. The van der Waals surface area contributed by atoms with Gasteiger partial charge in [0.25, 0.3) is 5.91 Å². The molecule has 0 fully saturated rings. The number of rotatable bonds is 10. The summed E-state index contributed by atoms with van der Waals surface area (Å²) in [5.41, 5.74) is 2.36. The van der Waals surface area contributed by atoms with Gasteiger partial charge < -0.3 is 20.1 Å². The van der Waals surface area contributed by atoms with E-state index in [1.54, 1.807) is 0 Å². The first-order chi connectivity index (χ1) is 14.2. The van der Waals surface area contributed by atoms with Crippen LogP contribution in [0, 0.1) is 5.41 Å². The molecule has 0 radical (unpaired) electrons. The van der Waals surface area contributed by atoms with Crippen molar-refractivity contribution in [3.8, 4) is 11.5 Å². The topological polar surface area (TPSA) is 59.6 Å². The Morgan fingerprint density at radius 3 is 2.33 bits per heavy atom. The summed E-state index contributed by atoms with van der Waals surface area (Å²) in [6.45, 7) is 14.0. The van der Waals surface area contributed by atoms with E-state index >= 15 is 0 Å². The molecule has 0 spiro atoms. The van der Waals surface area contributed by atoms with Crippen LogP contribution in [0.2, 0.25) is 0 Å². The van der Waals surface area contributed by atoms with Crippen molar-refractivity contribution in [1.29, 1.82) is 0 Å². The van der Waals surface area contributed by atoms with Crippen molar-refractivity contribution in [2.24, 2.45) is 5.41 Å². The summed E-state index contributed by atoms with van der Waals surface area (Å²) in [6.07, 6.45) is 0. The van der Waals surface area contributed by atoms with Gasteiger partial charge in [0.05, 0.1) is 12.6 Å². The Hall–Kier alpha value is -2.53. The number of benzene rings is 2. The molecule has 164 valence electrons. The van der Waals surface area contributed by atoms with Crippen LogP contribution in [0.4, 0.5) is 0 Å². The van der Waals surface area contributed by atoms with Gasteiger partial charge in [-0.15, -0.1) is 0 Å². The zero-order valence-electron chi connectivity index (χ0n) is 19.1. The number of amides is 1. The van der Waals surface area contributed by atoms with Crippen molar-refractivity contribution in [3.63, 3.8) is 0 Å². The van der Waals surface area contributed by atoms with E-state index in [0.717, 1.165) is 17.7 Å². The molecule has 2 atom stereocenters. The fourth-order valence-corrected chi connectivity index (χ4v) is 2.88. The molecule has 0 saturated heterocycles. The first kappa shape index (κ1) is 23.7. The number of hydrogen-bond donors (Lipinski definition) is 2. The summed E-state index contributed by atoms with van der Waals surface area (Å²) in [5, 5.41) is 6.52. The first-order valence-electron chi connectivity index (χ1n) is 10.7. The van der Waals surface area contributed by atoms with Gasteiger partial charge in [-0.3, -0.25) is 4.79 Å². The molecule has 2 aromatic carbocycles. The highest BCUT2D eigenvalue weighted by atomic mass is 16.5. The van der Waals surface area contributed by atoms with E-state index in [1.807, 2.05) is 62.4 Å². The van der Waals surface area contributed by atoms with E-state index in [0.29, 0.717) is 24.1 Å². The fraction of sp³-hybridized carbons (Fsp3) is 0.480. The van der Waals surface area contributed by atoms with E-state index in [-0.39, 0.29) is 24.0 Å². The van der Waals surface area contributed by atoms with Gasteiger partial charge in [0.1, 0.15) is 0 Å². The molecule has 2 aromatic rings. The lowest BCUT2D eigenvalue weighted by Gasteiger charge is -2.28. The van der Waals surface area contributed by atoms with Gasteiger partial charge in [-0.1, -0.05) is 57.2 Å². The molecule has 5 heteroatoms. The highest BCUT2D eigenvalue weighted by Crippen LogP contribution is 2.29. The van der Waals surface area contributed by atoms with Crippen LogP contribution in [0.25, 0.3) is 0 Å². The molecule has 0 heterocycles. The van der Waals surface area contributed by atoms with Gasteiger partial charge in [0.15, 0.2) is 18.1 Å². The van der Waals surface area contributed by atoms with Gasteiger partial charge in [-0.05, 0) is 49.4 Å². The van der Waals surface area contributed by atoms with Crippen molar-refractivity contribution in [2.75, 3.05) is 13.2 Å². The molecular weight excluding hydrogens is 376 g/mol. The lowest BCUT2D eigenvalue weighted by molar-refractivity contribution is -0.123. The highest BCUT2D eigenvalue weighted by Gasteiger charge is 2.19. The molecule has 0 saturated carbocycles. The fourth-order valence-electron chi connectivity index (χ4n) is 2.88. The monoisotopic (exact) mass is 412 g/mol. The molecule has 5 nitrogen and oxygen atoms in total. The lowest BCUT2D eigenvalue weighted by atomic mass is 9.88. The molecule has 1 amide bonds. The van der Waals surface area contributed by atoms with Crippen molar-refractivity contribution in [1.82, 2.24) is 10.6 Å². The average Bonchev–Trinajstić information content (AvgIpc) is 2.71. The molecule has 0 aliphatic carbocycles. The van der Waals surface area contributed by atoms with Gasteiger partial charge in [0, 0.05) is 12.6 Å². The molecule has 0 bridgehead atoms. The molecule has 0 aliphatic rings. The maximum absolute atomic E-state index is 12.3. The van der Waals surface area contributed by atoms with Crippen LogP contribution in [0.15, 0.2) is 48.5 Å². The van der Waals surface area contributed by atoms with Crippen LogP contribution >= 0.6 is 0 Å². The van der Waals surface area contributed by atoms with E-state index < -0.39 is 0 Å². The molecule has 30 heavy (non-hydrogen) atoms. The Balaban J connectivity index is 1.95. The number of nitrogens with one attached hydrogen (secondary N) is 2. The zero-order valence-corrected chi connectivity index (χ0v) is 19.1. The van der Waals surface area contributed by atoms with Gasteiger partial charge in [-0.25, -0.2) is 0 Å². The predicted molar refractivity (Wildman–Crippen MR) is 122 cm³/mol. The second kappa shape index (κ2) is 11.0. The van der Waals surface area contributed by atoms with Crippen LogP contribution in [0.1, 0.15) is 58.7 Å². The minimum Gasteiger partial charge on any atom is -0.490 e. The van der Waals surface area contributed by atoms with Gasteiger partial charge >= 0.3 is 0 Å². The minimum atomic E-state index is -0.168. The standard InChI is InChI=1S/C25H36N2O3/c1-7-29-23-15-20(16-26-19(3)25(4,5)6)13-14-22(23)30-17-24(28)27-18(2)21-11-9-8-10-12-21/h8-15,18-19,26H,7,16-17H2,1-6H3,(H,27,28)/t18-,19-/m0/s1. The Morgan fingerprint density at radius 1 is 1.00 bits per heavy atom. The van der Waals surface area contributed by atoms with Crippen LogP contribution in [-0.2, 0) is 11.3 Å². The Bertz CT molecular complexity index is 800. The third kappa shape index (κ3) is 7.38.